The highest BCUT2D eigenvalue weighted by Crippen LogP contribution is 2.29. The molecule has 4 nitrogen and oxygen atoms in total. The van der Waals surface area contributed by atoms with E-state index in [0.29, 0.717) is 21.8 Å². The van der Waals surface area contributed by atoms with Gasteiger partial charge >= 0.3 is 0 Å². The molecule has 0 atom stereocenters. The topological polar surface area (TPSA) is 49.8 Å². The van der Waals surface area contributed by atoms with Crippen molar-refractivity contribution in [1.82, 2.24) is 9.97 Å². The summed E-state index contributed by atoms with van der Waals surface area (Å²) in [5, 5.41) is 7.32. The Labute approximate surface area is 136 Å². The minimum absolute atomic E-state index is 0.492. The summed E-state index contributed by atoms with van der Waals surface area (Å²) in [5.74, 6) is 1.25. The van der Waals surface area contributed by atoms with E-state index in [4.69, 9.17) is 23.2 Å². The predicted octanol–water partition coefficient (Wildman–Crippen LogP) is 5.11. The quantitative estimate of drug-likeness (QED) is 0.762. The second-order valence-electron chi connectivity index (χ2n) is 4.07. The number of rotatable bonds is 5. The van der Waals surface area contributed by atoms with E-state index in [9.17, 15) is 0 Å². The first kappa shape index (κ1) is 15.4. The zero-order chi connectivity index (χ0) is 14.5. The van der Waals surface area contributed by atoms with Gasteiger partial charge in [-0.15, -0.1) is 0 Å². The van der Waals surface area contributed by atoms with Crippen LogP contribution in [0, 0.1) is 0 Å². The van der Waals surface area contributed by atoms with E-state index >= 15 is 0 Å². The van der Waals surface area contributed by atoms with Crippen LogP contribution in [0.2, 0.25) is 10.0 Å². The lowest BCUT2D eigenvalue weighted by molar-refractivity contribution is 0.952. The van der Waals surface area contributed by atoms with Crippen molar-refractivity contribution in [2.24, 2.45) is 0 Å². The van der Waals surface area contributed by atoms with E-state index in [1.54, 1.807) is 18.3 Å². The smallest absolute Gasteiger partial charge is 0.224 e. The Kier molecular flexibility index (Phi) is 5.46. The van der Waals surface area contributed by atoms with Gasteiger partial charge in [0.05, 0.1) is 14.5 Å². The van der Waals surface area contributed by atoms with Crippen LogP contribution >= 0.6 is 39.1 Å². The average molecular weight is 376 g/mol. The number of benzene rings is 1. The molecule has 0 unspecified atom stereocenters. The lowest BCUT2D eigenvalue weighted by Crippen LogP contribution is -2.06. The molecule has 1 heterocycles. The summed E-state index contributed by atoms with van der Waals surface area (Å²) in [5.41, 5.74) is 0.806. The van der Waals surface area contributed by atoms with Crippen molar-refractivity contribution in [3.05, 3.63) is 38.9 Å². The number of anilines is 3. The molecule has 0 saturated heterocycles. The molecule has 1 aromatic heterocycles. The Bertz CT molecular complexity index is 607. The van der Waals surface area contributed by atoms with Crippen molar-refractivity contribution < 1.29 is 0 Å². The summed E-state index contributed by atoms with van der Waals surface area (Å²) < 4.78 is 0.769. The van der Waals surface area contributed by atoms with Gasteiger partial charge in [-0.05, 0) is 40.5 Å². The number of halogens is 3. The molecular formula is C13H13BrCl2N4. The average Bonchev–Trinajstić information content (AvgIpc) is 2.44. The van der Waals surface area contributed by atoms with Gasteiger partial charge in [-0.1, -0.05) is 30.1 Å². The van der Waals surface area contributed by atoms with Gasteiger partial charge in [0.15, 0.2) is 0 Å². The minimum atomic E-state index is 0.492. The van der Waals surface area contributed by atoms with Crippen LogP contribution in [0.5, 0.6) is 0 Å². The monoisotopic (exact) mass is 374 g/mol. The van der Waals surface area contributed by atoms with Gasteiger partial charge in [0.1, 0.15) is 5.82 Å². The standard InChI is InChI=1S/C13H13BrCl2N4/c1-2-5-17-13-18-7-9(14)12(20-13)19-8-3-4-10(15)11(16)6-8/h3-4,6-7H,2,5H2,1H3,(H2,17,18,19,20). The van der Waals surface area contributed by atoms with E-state index in [1.807, 2.05) is 6.07 Å². The molecule has 0 amide bonds. The lowest BCUT2D eigenvalue weighted by atomic mass is 10.3. The van der Waals surface area contributed by atoms with Crippen LogP contribution in [0.25, 0.3) is 0 Å². The summed E-state index contributed by atoms with van der Waals surface area (Å²) in [6.07, 6.45) is 2.71. The summed E-state index contributed by atoms with van der Waals surface area (Å²) in [7, 11) is 0. The molecule has 0 aliphatic heterocycles. The Balaban J connectivity index is 2.20. The molecule has 1 aromatic carbocycles. The summed E-state index contributed by atoms with van der Waals surface area (Å²) in [6, 6.07) is 5.32. The number of aromatic nitrogens is 2. The molecule has 20 heavy (non-hydrogen) atoms. The van der Waals surface area contributed by atoms with Crippen LogP contribution in [0.3, 0.4) is 0 Å². The van der Waals surface area contributed by atoms with Gasteiger partial charge in [-0.2, -0.15) is 4.98 Å². The van der Waals surface area contributed by atoms with Crippen LogP contribution < -0.4 is 10.6 Å². The summed E-state index contributed by atoms with van der Waals surface area (Å²) in [6.45, 7) is 2.91. The van der Waals surface area contributed by atoms with E-state index in [-0.39, 0.29) is 0 Å². The van der Waals surface area contributed by atoms with Crippen molar-refractivity contribution >= 4 is 56.6 Å². The Hall–Kier alpha value is -1.04. The van der Waals surface area contributed by atoms with Crippen molar-refractivity contribution in [3.8, 4) is 0 Å². The van der Waals surface area contributed by atoms with Crippen molar-refractivity contribution in [2.45, 2.75) is 13.3 Å². The van der Waals surface area contributed by atoms with E-state index in [2.05, 4.69) is 43.5 Å². The lowest BCUT2D eigenvalue weighted by Gasteiger charge is -2.10. The van der Waals surface area contributed by atoms with Crippen LogP contribution in [-0.4, -0.2) is 16.5 Å². The SMILES string of the molecule is CCCNc1ncc(Br)c(Nc2ccc(Cl)c(Cl)c2)n1. The minimum Gasteiger partial charge on any atom is -0.354 e. The summed E-state index contributed by atoms with van der Waals surface area (Å²) in [4.78, 5) is 8.59. The van der Waals surface area contributed by atoms with Gasteiger partial charge in [-0.3, -0.25) is 0 Å². The number of nitrogens with zero attached hydrogens (tertiary/aromatic N) is 2. The fourth-order valence-corrected chi connectivity index (χ4v) is 2.08. The molecule has 0 radical (unpaired) electrons. The zero-order valence-electron chi connectivity index (χ0n) is 10.8. The molecule has 0 bridgehead atoms. The first-order valence-electron chi connectivity index (χ1n) is 6.08. The van der Waals surface area contributed by atoms with Crippen LogP contribution in [0.15, 0.2) is 28.9 Å². The molecule has 0 saturated carbocycles. The predicted molar refractivity (Wildman–Crippen MR) is 88.3 cm³/mol. The number of nitrogens with one attached hydrogen (secondary N) is 2. The van der Waals surface area contributed by atoms with Gasteiger partial charge in [0, 0.05) is 18.4 Å². The molecule has 2 rings (SSSR count). The second kappa shape index (κ2) is 7.11. The van der Waals surface area contributed by atoms with Crippen LogP contribution in [-0.2, 0) is 0 Å². The highest BCUT2D eigenvalue weighted by Gasteiger charge is 2.06. The number of hydrogen-bond acceptors (Lipinski definition) is 4. The van der Waals surface area contributed by atoms with Gasteiger partial charge < -0.3 is 10.6 Å². The molecule has 0 aliphatic rings. The van der Waals surface area contributed by atoms with Crippen molar-refractivity contribution in [2.75, 3.05) is 17.2 Å². The summed E-state index contributed by atoms with van der Waals surface area (Å²) >= 11 is 15.3. The molecule has 7 heteroatoms. The highest BCUT2D eigenvalue weighted by atomic mass is 79.9. The fraction of sp³-hybridized carbons (Fsp3) is 0.231. The normalized spacial score (nSPS) is 10.4. The Morgan fingerprint density at radius 2 is 2.05 bits per heavy atom. The molecule has 0 aliphatic carbocycles. The van der Waals surface area contributed by atoms with E-state index in [1.165, 1.54) is 0 Å². The maximum Gasteiger partial charge on any atom is 0.224 e. The second-order valence-corrected chi connectivity index (χ2v) is 5.74. The Morgan fingerprint density at radius 3 is 2.75 bits per heavy atom. The van der Waals surface area contributed by atoms with Gasteiger partial charge in [0.2, 0.25) is 5.95 Å². The largest absolute Gasteiger partial charge is 0.354 e. The zero-order valence-corrected chi connectivity index (χ0v) is 13.8. The fourth-order valence-electron chi connectivity index (χ4n) is 1.49. The Morgan fingerprint density at radius 1 is 1.25 bits per heavy atom. The van der Waals surface area contributed by atoms with Crippen LogP contribution in [0.4, 0.5) is 17.5 Å². The third-order valence-electron chi connectivity index (χ3n) is 2.46. The maximum atomic E-state index is 5.99. The first-order chi connectivity index (χ1) is 9.60. The third-order valence-corrected chi connectivity index (χ3v) is 3.78. The van der Waals surface area contributed by atoms with E-state index in [0.717, 1.165) is 23.1 Å². The molecule has 2 N–H and O–H groups in total. The molecule has 106 valence electrons. The van der Waals surface area contributed by atoms with E-state index < -0.39 is 0 Å². The molecule has 0 fully saturated rings. The first-order valence-corrected chi connectivity index (χ1v) is 7.63. The maximum absolute atomic E-state index is 5.99. The van der Waals surface area contributed by atoms with Gasteiger partial charge in [0.25, 0.3) is 0 Å². The van der Waals surface area contributed by atoms with Crippen molar-refractivity contribution in [1.29, 1.82) is 0 Å². The highest BCUT2D eigenvalue weighted by molar-refractivity contribution is 9.10. The number of hydrogen-bond donors (Lipinski definition) is 2. The molecule has 2 aromatic rings. The van der Waals surface area contributed by atoms with Crippen molar-refractivity contribution in [3.63, 3.8) is 0 Å². The third kappa shape index (κ3) is 3.98. The van der Waals surface area contributed by atoms with Gasteiger partial charge in [-0.25, -0.2) is 4.98 Å². The molecule has 0 spiro atoms. The van der Waals surface area contributed by atoms with Crippen LogP contribution in [0.1, 0.15) is 13.3 Å². The molecular weight excluding hydrogens is 363 g/mol.